The molecule has 3 rings (SSSR count). The van der Waals surface area contributed by atoms with Crippen molar-refractivity contribution >= 4 is 22.7 Å². The molecule has 0 fully saturated rings. The SMILES string of the molecule is Cc1ccc(Cc2sc(C)c3c2OCC3)s1. The van der Waals surface area contributed by atoms with E-state index in [1.807, 2.05) is 22.7 Å². The molecule has 16 heavy (non-hydrogen) atoms. The highest BCUT2D eigenvalue weighted by atomic mass is 32.1. The molecule has 0 saturated carbocycles. The van der Waals surface area contributed by atoms with E-state index in [1.165, 1.54) is 30.8 Å². The molecule has 0 amide bonds. The van der Waals surface area contributed by atoms with Gasteiger partial charge in [-0.1, -0.05) is 0 Å². The second-order valence-corrected chi connectivity index (χ2v) is 6.86. The van der Waals surface area contributed by atoms with Crippen molar-refractivity contribution in [1.82, 2.24) is 0 Å². The number of rotatable bonds is 2. The van der Waals surface area contributed by atoms with Crippen molar-refractivity contribution in [3.63, 3.8) is 0 Å². The van der Waals surface area contributed by atoms with Crippen LogP contribution in [0.5, 0.6) is 5.75 Å². The van der Waals surface area contributed by atoms with Crippen LogP contribution in [0.2, 0.25) is 0 Å². The highest BCUT2D eigenvalue weighted by Gasteiger charge is 2.22. The second-order valence-electron chi connectivity index (χ2n) is 4.18. The van der Waals surface area contributed by atoms with Crippen molar-refractivity contribution in [3.05, 3.63) is 37.2 Å². The van der Waals surface area contributed by atoms with Crippen LogP contribution >= 0.6 is 22.7 Å². The Balaban J connectivity index is 1.93. The van der Waals surface area contributed by atoms with Gasteiger partial charge in [-0.15, -0.1) is 22.7 Å². The highest BCUT2D eigenvalue weighted by molar-refractivity contribution is 7.13. The third-order valence-corrected chi connectivity index (χ3v) is 5.09. The van der Waals surface area contributed by atoms with Gasteiger partial charge in [-0.25, -0.2) is 0 Å². The summed E-state index contributed by atoms with van der Waals surface area (Å²) in [6, 6.07) is 4.43. The molecule has 0 spiro atoms. The minimum atomic E-state index is 0.871. The average Bonchev–Trinajstić information content (AvgIpc) is 2.89. The van der Waals surface area contributed by atoms with Gasteiger partial charge in [0, 0.05) is 33.0 Å². The lowest BCUT2D eigenvalue weighted by atomic mass is 10.2. The highest BCUT2D eigenvalue weighted by Crippen LogP contribution is 2.40. The maximum atomic E-state index is 5.74. The lowest BCUT2D eigenvalue weighted by molar-refractivity contribution is 0.355. The lowest BCUT2D eigenvalue weighted by Crippen LogP contribution is -1.90. The van der Waals surface area contributed by atoms with E-state index in [-0.39, 0.29) is 0 Å². The zero-order chi connectivity index (χ0) is 11.1. The van der Waals surface area contributed by atoms with Crippen LogP contribution < -0.4 is 4.74 Å². The molecule has 84 valence electrons. The maximum Gasteiger partial charge on any atom is 0.137 e. The van der Waals surface area contributed by atoms with E-state index < -0.39 is 0 Å². The van der Waals surface area contributed by atoms with Crippen LogP contribution in [0.4, 0.5) is 0 Å². The molecule has 1 aliphatic heterocycles. The Hall–Kier alpha value is -0.800. The predicted molar refractivity (Wildman–Crippen MR) is 70.1 cm³/mol. The smallest absolute Gasteiger partial charge is 0.137 e. The quantitative estimate of drug-likeness (QED) is 0.784. The van der Waals surface area contributed by atoms with E-state index in [0.29, 0.717) is 0 Å². The van der Waals surface area contributed by atoms with Gasteiger partial charge in [0.2, 0.25) is 0 Å². The van der Waals surface area contributed by atoms with E-state index in [0.717, 1.165) is 19.4 Å². The van der Waals surface area contributed by atoms with Gasteiger partial charge >= 0.3 is 0 Å². The van der Waals surface area contributed by atoms with Crippen LogP contribution in [0.15, 0.2) is 12.1 Å². The molecule has 0 N–H and O–H groups in total. The van der Waals surface area contributed by atoms with Gasteiger partial charge in [-0.05, 0) is 26.0 Å². The van der Waals surface area contributed by atoms with Gasteiger partial charge in [-0.2, -0.15) is 0 Å². The summed E-state index contributed by atoms with van der Waals surface area (Å²) in [4.78, 5) is 5.68. The molecule has 1 nitrogen and oxygen atoms in total. The number of hydrogen-bond acceptors (Lipinski definition) is 3. The fraction of sp³-hybridized carbons (Fsp3) is 0.385. The summed E-state index contributed by atoms with van der Waals surface area (Å²) < 4.78 is 5.74. The summed E-state index contributed by atoms with van der Waals surface area (Å²) in [6.45, 7) is 5.24. The normalized spacial score (nSPS) is 13.9. The third-order valence-electron chi connectivity index (χ3n) is 2.96. The Bertz CT molecular complexity index is 522. The molecule has 3 heterocycles. The zero-order valence-electron chi connectivity index (χ0n) is 9.50. The molecule has 1 aliphatic rings. The molecule has 0 atom stereocenters. The molecule has 0 aromatic carbocycles. The maximum absolute atomic E-state index is 5.74. The molecule has 0 saturated heterocycles. The van der Waals surface area contributed by atoms with Crippen molar-refractivity contribution in [1.29, 1.82) is 0 Å². The van der Waals surface area contributed by atoms with Crippen LogP contribution in [0.1, 0.15) is 25.1 Å². The van der Waals surface area contributed by atoms with Crippen LogP contribution in [-0.2, 0) is 12.8 Å². The average molecular weight is 250 g/mol. The van der Waals surface area contributed by atoms with Crippen LogP contribution in [0, 0.1) is 13.8 Å². The molecule has 2 aromatic heterocycles. The van der Waals surface area contributed by atoms with Gasteiger partial charge in [-0.3, -0.25) is 0 Å². The molecule has 3 heteroatoms. The van der Waals surface area contributed by atoms with Gasteiger partial charge in [0.1, 0.15) is 5.75 Å². The van der Waals surface area contributed by atoms with E-state index in [1.54, 1.807) is 0 Å². The van der Waals surface area contributed by atoms with Gasteiger partial charge in [0.15, 0.2) is 0 Å². The zero-order valence-corrected chi connectivity index (χ0v) is 11.1. The number of ether oxygens (including phenoxy) is 1. The molecular weight excluding hydrogens is 236 g/mol. The summed E-state index contributed by atoms with van der Waals surface area (Å²) in [6.07, 6.45) is 2.14. The summed E-state index contributed by atoms with van der Waals surface area (Å²) in [5, 5.41) is 0. The fourth-order valence-electron chi connectivity index (χ4n) is 2.19. The first-order chi connectivity index (χ1) is 7.74. The Morgan fingerprint density at radius 1 is 1.25 bits per heavy atom. The monoisotopic (exact) mass is 250 g/mol. The Morgan fingerprint density at radius 3 is 2.88 bits per heavy atom. The van der Waals surface area contributed by atoms with Crippen molar-refractivity contribution in [2.24, 2.45) is 0 Å². The molecular formula is C13H14OS2. The molecule has 0 aliphatic carbocycles. The predicted octanol–water partition coefficient (Wildman–Crippen LogP) is 3.95. The number of fused-ring (bicyclic) bond motifs is 1. The first kappa shape index (κ1) is 10.4. The summed E-state index contributed by atoms with van der Waals surface area (Å²) in [5.41, 5.74) is 1.45. The molecule has 2 aromatic rings. The van der Waals surface area contributed by atoms with Gasteiger partial charge in [0.25, 0.3) is 0 Å². The van der Waals surface area contributed by atoms with Crippen LogP contribution in [0.25, 0.3) is 0 Å². The Morgan fingerprint density at radius 2 is 2.12 bits per heavy atom. The van der Waals surface area contributed by atoms with E-state index >= 15 is 0 Å². The third kappa shape index (κ3) is 1.68. The minimum absolute atomic E-state index is 0.871. The van der Waals surface area contributed by atoms with Gasteiger partial charge in [0.05, 0.1) is 11.5 Å². The minimum Gasteiger partial charge on any atom is -0.492 e. The fourth-order valence-corrected chi connectivity index (χ4v) is 4.37. The van der Waals surface area contributed by atoms with Crippen LogP contribution in [0.3, 0.4) is 0 Å². The van der Waals surface area contributed by atoms with Crippen molar-refractivity contribution in [2.75, 3.05) is 6.61 Å². The largest absolute Gasteiger partial charge is 0.492 e. The number of hydrogen-bond donors (Lipinski definition) is 0. The Kier molecular flexibility index (Phi) is 2.52. The standard InChI is InChI=1S/C13H14OS2/c1-8-3-4-10(15-8)7-12-13-11(5-6-14-13)9(2)16-12/h3-4H,5-7H2,1-2H3. The lowest BCUT2D eigenvalue weighted by Gasteiger charge is -1.99. The molecule has 0 radical (unpaired) electrons. The topological polar surface area (TPSA) is 9.23 Å². The van der Waals surface area contributed by atoms with E-state index in [4.69, 9.17) is 4.74 Å². The summed E-state index contributed by atoms with van der Waals surface area (Å²) in [7, 11) is 0. The summed E-state index contributed by atoms with van der Waals surface area (Å²) >= 11 is 3.79. The molecule has 0 bridgehead atoms. The van der Waals surface area contributed by atoms with Crippen molar-refractivity contribution in [2.45, 2.75) is 26.7 Å². The second kappa shape index (κ2) is 3.90. The Labute approximate surface area is 104 Å². The first-order valence-corrected chi connectivity index (χ1v) is 7.16. The van der Waals surface area contributed by atoms with Crippen molar-refractivity contribution in [3.8, 4) is 5.75 Å². The van der Waals surface area contributed by atoms with E-state index in [2.05, 4.69) is 26.0 Å². The van der Waals surface area contributed by atoms with Crippen LogP contribution in [-0.4, -0.2) is 6.61 Å². The number of aryl methyl sites for hydroxylation is 2. The van der Waals surface area contributed by atoms with Gasteiger partial charge < -0.3 is 4.74 Å². The summed E-state index contributed by atoms with van der Waals surface area (Å²) in [5.74, 6) is 1.19. The van der Waals surface area contributed by atoms with Crippen molar-refractivity contribution < 1.29 is 4.74 Å². The van der Waals surface area contributed by atoms with E-state index in [9.17, 15) is 0 Å². The first-order valence-electron chi connectivity index (χ1n) is 5.53. The number of thiophene rings is 2. The molecule has 0 unspecified atom stereocenters.